The Morgan fingerprint density at radius 1 is 0.857 bits per heavy atom. The highest BCUT2D eigenvalue weighted by atomic mass is 16.6. The van der Waals surface area contributed by atoms with E-state index >= 15 is 0 Å². The smallest absolute Gasteiger partial charge is 0.302 e. The van der Waals surface area contributed by atoms with Crippen molar-refractivity contribution in [3.05, 3.63) is 26.3 Å². The summed E-state index contributed by atoms with van der Waals surface area (Å²) in [4.78, 5) is 20.3. The molecule has 0 bridgehead atoms. The Hall–Kier alpha value is -1.58. The first-order valence-corrected chi connectivity index (χ1v) is 3.89. The highest BCUT2D eigenvalue weighted by Crippen LogP contribution is 1.79. The monoisotopic (exact) mass is 202 g/mol. The van der Waals surface area contributed by atoms with Crippen LogP contribution in [0.5, 0.6) is 0 Å². The Morgan fingerprint density at radius 3 is 1.21 bits per heavy atom. The summed E-state index contributed by atoms with van der Waals surface area (Å²) < 4.78 is 8.95. The van der Waals surface area contributed by atoms with Crippen LogP contribution in [-0.4, -0.2) is 25.2 Å². The van der Waals surface area contributed by atoms with E-state index in [9.17, 15) is 9.59 Å². The van der Waals surface area contributed by atoms with E-state index in [1.54, 1.807) is 0 Å². The highest BCUT2D eigenvalue weighted by molar-refractivity contribution is 5.66. The van der Waals surface area contributed by atoms with Gasteiger partial charge in [0, 0.05) is 13.8 Å². The fourth-order valence-electron chi connectivity index (χ4n) is 0.371. The third-order valence-electron chi connectivity index (χ3n) is 0.694. The van der Waals surface area contributed by atoms with Gasteiger partial charge in [0.15, 0.2) is 0 Å². The molecule has 0 atom stereocenters. The Morgan fingerprint density at radius 2 is 1.07 bits per heavy atom. The second kappa shape index (κ2) is 17.5. The molecule has 0 aromatic rings. The summed E-state index contributed by atoms with van der Waals surface area (Å²) in [5.41, 5.74) is 0. The summed E-state index contributed by atoms with van der Waals surface area (Å²) in [6.45, 7) is 14.9. The first kappa shape index (κ1) is 18.3. The Labute approximate surface area is 85.2 Å². The van der Waals surface area contributed by atoms with Gasteiger partial charge in [0.25, 0.3) is 0 Å². The third kappa shape index (κ3) is 31.5. The molecule has 4 heteroatoms. The number of carbonyl (C=O) groups excluding carboxylic acids is 2. The number of hydrogen-bond acceptors (Lipinski definition) is 4. The number of carbonyl (C=O) groups is 2. The third-order valence-corrected chi connectivity index (χ3v) is 0.694. The molecular weight excluding hydrogens is 184 g/mol. The second-order valence-corrected chi connectivity index (χ2v) is 1.68. The van der Waals surface area contributed by atoms with E-state index in [4.69, 9.17) is 0 Å². The lowest BCUT2D eigenvalue weighted by Gasteiger charge is -2.00. The molecular formula is C10H18O4. The van der Waals surface area contributed by atoms with Crippen LogP contribution < -0.4 is 0 Å². The maximum absolute atomic E-state index is 10.1. The van der Waals surface area contributed by atoms with Crippen LogP contribution in [0.25, 0.3) is 0 Å². The largest absolute Gasteiger partial charge is 0.462 e. The predicted octanol–water partition coefficient (Wildman–Crippen LogP) is 1.72. The van der Waals surface area contributed by atoms with Gasteiger partial charge in [0.05, 0.1) is 0 Å². The maximum Gasteiger partial charge on any atom is 0.302 e. The molecule has 0 aromatic carbocycles. The van der Waals surface area contributed by atoms with E-state index in [1.807, 2.05) is 0 Å². The quantitative estimate of drug-likeness (QED) is 0.397. The predicted molar refractivity (Wildman–Crippen MR) is 55.8 cm³/mol. The van der Waals surface area contributed by atoms with Crippen molar-refractivity contribution in [2.75, 3.05) is 13.2 Å². The summed E-state index contributed by atoms with van der Waals surface area (Å²) in [5.74, 6) is -0.737. The molecule has 0 aliphatic rings. The Balaban J connectivity index is -0.000000266. The van der Waals surface area contributed by atoms with Crippen LogP contribution in [-0.2, 0) is 19.1 Å². The normalized spacial score (nSPS) is 6.71. The lowest BCUT2D eigenvalue weighted by molar-refractivity contribution is -0.149. The van der Waals surface area contributed by atoms with Crippen molar-refractivity contribution in [2.45, 2.75) is 13.8 Å². The molecule has 0 unspecified atom stereocenters. The van der Waals surface area contributed by atoms with Gasteiger partial charge in [-0.2, -0.15) is 0 Å². The zero-order valence-electron chi connectivity index (χ0n) is 8.88. The van der Waals surface area contributed by atoms with Gasteiger partial charge in [-0.15, -0.1) is 26.3 Å². The van der Waals surface area contributed by atoms with Crippen LogP contribution in [0.1, 0.15) is 13.8 Å². The van der Waals surface area contributed by atoms with Crippen LogP contribution >= 0.6 is 0 Å². The minimum Gasteiger partial charge on any atom is -0.462 e. The van der Waals surface area contributed by atoms with E-state index in [2.05, 4.69) is 35.8 Å². The van der Waals surface area contributed by atoms with Crippen LogP contribution in [0.3, 0.4) is 0 Å². The summed E-state index contributed by atoms with van der Waals surface area (Å²) in [5, 5.41) is 0. The number of rotatable bonds is 3. The number of hydrogen-bond donors (Lipinski definition) is 0. The molecule has 4 nitrogen and oxygen atoms in total. The molecule has 0 spiro atoms. The molecule has 14 heavy (non-hydrogen) atoms. The van der Waals surface area contributed by atoms with Gasteiger partial charge in [0.1, 0.15) is 13.2 Å². The maximum atomic E-state index is 10.1. The van der Waals surface area contributed by atoms with Gasteiger partial charge in [0.2, 0.25) is 0 Å². The molecule has 0 aliphatic carbocycles. The summed E-state index contributed by atoms with van der Waals surface area (Å²) in [7, 11) is 0. The van der Waals surface area contributed by atoms with Crippen molar-refractivity contribution in [2.24, 2.45) is 0 Å². The van der Waals surface area contributed by atoms with E-state index in [0.29, 0.717) is 0 Å². The average molecular weight is 202 g/mol. The molecule has 0 heterocycles. The van der Waals surface area contributed by atoms with Crippen molar-refractivity contribution < 1.29 is 19.1 Å². The molecule has 0 aromatic heterocycles. The molecule has 0 N–H and O–H groups in total. The number of ether oxygens (including phenoxy) is 2. The topological polar surface area (TPSA) is 52.6 Å². The fraction of sp³-hybridized carbons (Fsp3) is 0.400. The molecule has 0 saturated carbocycles. The minimum atomic E-state index is -0.368. The zero-order chi connectivity index (χ0) is 12.0. The van der Waals surface area contributed by atoms with Crippen molar-refractivity contribution >= 4 is 11.9 Å². The standard InChI is InChI=1S/C6H10O4.2C2H4/c1-5(7)9-3-4-10-6(2)8;2*1-2/h3-4H2,1-2H3;2*1-2H2. The van der Waals surface area contributed by atoms with Gasteiger partial charge >= 0.3 is 11.9 Å². The molecule has 0 fully saturated rings. The van der Waals surface area contributed by atoms with E-state index in [1.165, 1.54) is 13.8 Å². The Kier molecular flexibility index (Phi) is 22.8. The van der Waals surface area contributed by atoms with E-state index in [-0.39, 0.29) is 25.2 Å². The van der Waals surface area contributed by atoms with Gasteiger partial charge < -0.3 is 9.47 Å². The second-order valence-electron chi connectivity index (χ2n) is 1.68. The van der Waals surface area contributed by atoms with Gasteiger partial charge in [-0.25, -0.2) is 0 Å². The van der Waals surface area contributed by atoms with E-state index < -0.39 is 0 Å². The van der Waals surface area contributed by atoms with Crippen molar-refractivity contribution in [1.82, 2.24) is 0 Å². The SMILES string of the molecule is C=C.C=C.CC(=O)OCCOC(C)=O. The molecule has 82 valence electrons. The van der Waals surface area contributed by atoms with Crippen LogP contribution in [0.2, 0.25) is 0 Å². The Bertz CT molecular complexity index is 136. The molecule has 0 aliphatic heterocycles. The first-order chi connectivity index (χ1) is 6.63. The summed E-state index contributed by atoms with van der Waals surface area (Å²) >= 11 is 0. The number of esters is 2. The van der Waals surface area contributed by atoms with E-state index in [0.717, 1.165) is 0 Å². The lowest BCUT2D eigenvalue weighted by Crippen LogP contribution is -2.09. The highest BCUT2D eigenvalue weighted by Gasteiger charge is 1.94. The van der Waals surface area contributed by atoms with Crippen LogP contribution in [0, 0.1) is 0 Å². The fourth-order valence-corrected chi connectivity index (χ4v) is 0.371. The molecule has 0 radical (unpaired) electrons. The van der Waals surface area contributed by atoms with Gasteiger partial charge in [-0.1, -0.05) is 0 Å². The minimum absolute atomic E-state index is 0.134. The summed E-state index contributed by atoms with van der Waals surface area (Å²) in [6, 6.07) is 0. The van der Waals surface area contributed by atoms with Crippen molar-refractivity contribution in [3.63, 3.8) is 0 Å². The average Bonchev–Trinajstić information content (AvgIpc) is 2.18. The van der Waals surface area contributed by atoms with Gasteiger partial charge in [-0.3, -0.25) is 9.59 Å². The molecule has 0 saturated heterocycles. The molecule has 0 rings (SSSR count). The van der Waals surface area contributed by atoms with Crippen LogP contribution in [0.4, 0.5) is 0 Å². The molecule has 0 amide bonds. The van der Waals surface area contributed by atoms with Gasteiger partial charge in [-0.05, 0) is 0 Å². The van der Waals surface area contributed by atoms with Crippen molar-refractivity contribution in [3.8, 4) is 0 Å². The first-order valence-electron chi connectivity index (χ1n) is 3.89. The van der Waals surface area contributed by atoms with Crippen molar-refractivity contribution in [1.29, 1.82) is 0 Å². The summed E-state index contributed by atoms with van der Waals surface area (Å²) in [6.07, 6.45) is 0. The van der Waals surface area contributed by atoms with Crippen LogP contribution in [0.15, 0.2) is 26.3 Å². The zero-order valence-corrected chi connectivity index (χ0v) is 8.88. The lowest BCUT2D eigenvalue weighted by atomic mass is 10.7.